The van der Waals surface area contributed by atoms with Gasteiger partial charge in [0.2, 0.25) is 0 Å². The Balaban J connectivity index is 2.04. The van der Waals surface area contributed by atoms with Crippen molar-refractivity contribution < 1.29 is 9.47 Å². The van der Waals surface area contributed by atoms with Crippen molar-refractivity contribution in [3.63, 3.8) is 0 Å². The summed E-state index contributed by atoms with van der Waals surface area (Å²) in [6.07, 6.45) is 0. The van der Waals surface area contributed by atoms with E-state index in [1.54, 1.807) is 0 Å². The predicted molar refractivity (Wildman–Crippen MR) is 66.4 cm³/mol. The van der Waals surface area contributed by atoms with Gasteiger partial charge in [0.15, 0.2) is 0 Å². The van der Waals surface area contributed by atoms with Crippen LogP contribution in [0.15, 0.2) is 18.2 Å². The van der Waals surface area contributed by atoms with Crippen LogP contribution in [-0.4, -0.2) is 25.3 Å². The van der Waals surface area contributed by atoms with Crippen LogP contribution in [-0.2, 0) is 11.3 Å². The first-order valence-electron chi connectivity index (χ1n) is 6.34. The zero-order chi connectivity index (χ0) is 11.9. The highest BCUT2D eigenvalue weighted by molar-refractivity contribution is 5.45. The van der Waals surface area contributed by atoms with Crippen molar-refractivity contribution in [2.75, 3.05) is 19.7 Å². The van der Waals surface area contributed by atoms with Gasteiger partial charge >= 0.3 is 0 Å². The molecule has 0 amide bonds. The third kappa shape index (κ3) is 1.65. The van der Waals surface area contributed by atoms with Crippen LogP contribution in [0.2, 0.25) is 0 Å². The average Bonchev–Trinajstić information content (AvgIpc) is 2.72. The molecule has 92 valence electrons. The minimum atomic E-state index is -0.0438. The third-order valence-corrected chi connectivity index (χ3v) is 3.95. The number of hydrogen-bond acceptors (Lipinski definition) is 3. The van der Waals surface area contributed by atoms with Gasteiger partial charge in [-0.3, -0.25) is 0 Å². The van der Waals surface area contributed by atoms with E-state index in [2.05, 4.69) is 24.4 Å². The summed E-state index contributed by atoms with van der Waals surface area (Å²) in [5.74, 6) is 1.44. The molecule has 0 bridgehead atoms. The van der Waals surface area contributed by atoms with Crippen molar-refractivity contribution in [2.45, 2.75) is 32.0 Å². The number of ether oxygens (including phenoxy) is 2. The summed E-state index contributed by atoms with van der Waals surface area (Å²) in [5, 5.41) is 3.43. The molecule has 2 aliphatic heterocycles. The maximum absolute atomic E-state index is 6.06. The number of hydrogen-bond donors (Lipinski definition) is 1. The summed E-state index contributed by atoms with van der Waals surface area (Å²) in [5.41, 5.74) is 2.59. The maximum atomic E-state index is 6.06. The van der Waals surface area contributed by atoms with Gasteiger partial charge in [-0.2, -0.15) is 0 Å². The zero-order valence-corrected chi connectivity index (χ0v) is 10.5. The highest BCUT2D eigenvalue weighted by Gasteiger charge is 2.45. The Labute approximate surface area is 102 Å². The first-order valence-corrected chi connectivity index (χ1v) is 6.34. The molecule has 2 aliphatic rings. The van der Waals surface area contributed by atoms with Crippen LogP contribution < -0.4 is 10.1 Å². The minimum absolute atomic E-state index is 0.0438. The van der Waals surface area contributed by atoms with Gasteiger partial charge in [-0.05, 0) is 25.5 Å². The Morgan fingerprint density at radius 2 is 2.41 bits per heavy atom. The standard InChI is InChI=1S/C14H19NO2/c1-3-16-13-6-4-5-10-11(13)8-17-14(2)9-15-7-12(10)14/h4-6,12,15H,3,7-9H2,1-2H3/t12-,14-/m1/s1. The average molecular weight is 233 g/mol. The molecule has 0 radical (unpaired) electrons. The lowest BCUT2D eigenvalue weighted by Crippen LogP contribution is -2.39. The van der Waals surface area contributed by atoms with Crippen LogP contribution in [0, 0.1) is 0 Å². The lowest BCUT2D eigenvalue weighted by atomic mass is 9.81. The molecule has 3 nitrogen and oxygen atoms in total. The van der Waals surface area contributed by atoms with Gasteiger partial charge in [-0.25, -0.2) is 0 Å². The second kappa shape index (κ2) is 4.00. The largest absolute Gasteiger partial charge is 0.493 e. The first kappa shape index (κ1) is 11.1. The molecule has 1 saturated heterocycles. The molecule has 17 heavy (non-hydrogen) atoms. The van der Waals surface area contributed by atoms with Gasteiger partial charge in [0.25, 0.3) is 0 Å². The van der Waals surface area contributed by atoms with Crippen molar-refractivity contribution in [1.82, 2.24) is 5.32 Å². The summed E-state index contributed by atoms with van der Waals surface area (Å²) < 4.78 is 11.7. The first-order chi connectivity index (χ1) is 8.24. The molecule has 3 rings (SSSR count). The highest BCUT2D eigenvalue weighted by Crippen LogP contribution is 2.43. The number of fused-ring (bicyclic) bond motifs is 3. The van der Waals surface area contributed by atoms with E-state index < -0.39 is 0 Å². The normalized spacial score (nSPS) is 30.8. The van der Waals surface area contributed by atoms with E-state index in [9.17, 15) is 0 Å². The Kier molecular flexibility index (Phi) is 2.60. The van der Waals surface area contributed by atoms with Crippen molar-refractivity contribution in [3.8, 4) is 5.75 Å². The second-order valence-corrected chi connectivity index (χ2v) is 5.04. The molecule has 2 atom stereocenters. The highest BCUT2D eigenvalue weighted by atomic mass is 16.5. The van der Waals surface area contributed by atoms with Crippen LogP contribution in [0.25, 0.3) is 0 Å². The fourth-order valence-electron chi connectivity index (χ4n) is 2.99. The van der Waals surface area contributed by atoms with Crippen molar-refractivity contribution in [3.05, 3.63) is 29.3 Å². The van der Waals surface area contributed by atoms with E-state index in [1.807, 2.05) is 13.0 Å². The molecule has 0 spiro atoms. The number of rotatable bonds is 2. The lowest BCUT2D eigenvalue weighted by molar-refractivity contribution is -0.0526. The van der Waals surface area contributed by atoms with Crippen LogP contribution in [0.3, 0.4) is 0 Å². The van der Waals surface area contributed by atoms with E-state index in [-0.39, 0.29) is 5.60 Å². The smallest absolute Gasteiger partial charge is 0.125 e. The summed E-state index contributed by atoms with van der Waals surface area (Å²) in [7, 11) is 0. The van der Waals surface area contributed by atoms with E-state index in [0.29, 0.717) is 19.1 Å². The SMILES string of the molecule is CCOc1cccc2c1CO[C@]1(C)CNC[C@H]21. The summed E-state index contributed by atoms with van der Waals surface area (Å²) in [6, 6.07) is 6.35. The van der Waals surface area contributed by atoms with E-state index in [1.165, 1.54) is 11.1 Å². The van der Waals surface area contributed by atoms with Gasteiger partial charge in [0, 0.05) is 24.6 Å². The molecule has 0 aliphatic carbocycles. The molecule has 2 heterocycles. The van der Waals surface area contributed by atoms with Crippen molar-refractivity contribution in [1.29, 1.82) is 0 Å². The predicted octanol–water partition coefficient (Wildman–Crippen LogP) is 2.06. The quantitative estimate of drug-likeness (QED) is 0.848. The van der Waals surface area contributed by atoms with Crippen molar-refractivity contribution in [2.24, 2.45) is 0 Å². The molecule has 0 aromatic heterocycles. The topological polar surface area (TPSA) is 30.5 Å². The third-order valence-electron chi connectivity index (χ3n) is 3.95. The van der Waals surface area contributed by atoms with Crippen LogP contribution in [0.1, 0.15) is 30.9 Å². The summed E-state index contributed by atoms with van der Waals surface area (Å²) in [6.45, 7) is 7.53. The lowest BCUT2D eigenvalue weighted by Gasteiger charge is -2.37. The fraction of sp³-hybridized carbons (Fsp3) is 0.571. The van der Waals surface area contributed by atoms with Gasteiger partial charge in [-0.1, -0.05) is 12.1 Å². The Morgan fingerprint density at radius 1 is 1.53 bits per heavy atom. The van der Waals surface area contributed by atoms with Gasteiger partial charge in [0.05, 0.1) is 18.8 Å². The van der Waals surface area contributed by atoms with E-state index in [4.69, 9.17) is 9.47 Å². The fourth-order valence-corrected chi connectivity index (χ4v) is 2.99. The number of benzene rings is 1. The molecule has 0 saturated carbocycles. The molecule has 1 fully saturated rings. The van der Waals surface area contributed by atoms with E-state index >= 15 is 0 Å². The van der Waals surface area contributed by atoms with Crippen LogP contribution in [0.5, 0.6) is 5.75 Å². The van der Waals surface area contributed by atoms with Gasteiger partial charge in [0.1, 0.15) is 5.75 Å². The molecule has 0 unspecified atom stereocenters. The Hall–Kier alpha value is -1.06. The molecule has 3 heteroatoms. The molecule has 1 aromatic rings. The Bertz CT molecular complexity index is 432. The zero-order valence-electron chi connectivity index (χ0n) is 10.5. The molecule has 1 N–H and O–H groups in total. The van der Waals surface area contributed by atoms with Crippen LogP contribution in [0.4, 0.5) is 0 Å². The minimum Gasteiger partial charge on any atom is -0.493 e. The summed E-state index contributed by atoms with van der Waals surface area (Å²) >= 11 is 0. The molecule has 1 aromatic carbocycles. The maximum Gasteiger partial charge on any atom is 0.125 e. The Morgan fingerprint density at radius 3 is 3.24 bits per heavy atom. The van der Waals surface area contributed by atoms with Crippen molar-refractivity contribution >= 4 is 0 Å². The van der Waals surface area contributed by atoms with Crippen LogP contribution >= 0.6 is 0 Å². The number of nitrogens with one attached hydrogen (secondary N) is 1. The molecular weight excluding hydrogens is 214 g/mol. The van der Waals surface area contributed by atoms with Gasteiger partial charge < -0.3 is 14.8 Å². The molecular formula is C14H19NO2. The summed E-state index contributed by atoms with van der Waals surface area (Å²) in [4.78, 5) is 0. The second-order valence-electron chi connectivity index (χ2n) is 5.04. The van der Waals surface area contributed by atoms with E-state index in [0.717, 1.165) is 18.8 Å². The van der Waals surface area contributed by atoms with Gasteiger partial charge in [-0.15, -0.1) is 0 Å². The monoisotopic (exact) mass is 233 g/mol.